The summed E-state index contributed by atoms with van der Waals surface area (Å²) in [7, 11) is 1.92. The number of piperidine rings is 1. The van der Waals surface area contributed by atoms with Crippen LogP contribution in [0.5, 0.6) is 0 Å². The Balaban J connectivity index is 2.46. The first-order chi connectivity index (χ1) is 5.79. The van der Waals surface area contributed by atoms with Gasteiger partial charge < -0.3 is 0 Å². The van der Waals surface area contributed by atoms with Gasteiger partial charge in [-0.05, 0) is 18.8 Å². The van der Waals surface area contributed by atoms with Crippen LogP contribution in [0.15, 0.2) is 0 Å². The molecule has 12 heavy (non-hydrogen) atoms. The van der Waals surface area contributed by atoms with Gasteiger partial charge in [-0.1, -0.05) is 26.7 Å². The van der Waals surface area contributed by atoms with E-state index in [-0.39, 0.29) is 0 Å². The first kappa shape index (κ1) is 10.0. The zero-order valence-corrected chi connectivity index (χ0v) is 8.58. The van der Waals surface area contributed by atoms with Gasteiger partial charge in [0, 0.05) is 19.6 Å². The van der Waals surface area contributed by atoms with Gasteiger partial charge >= 0.3 is 0 Å². The third kappa shape index (κ3) is 2.20. The monoisotopic (exact) mass is 169 g/mol. The minimum atomic E-state index is 0.716. The van der Waals surface area contributed by atoms with Gasteiger partial charge in [-0.25, -0.2) is 5.01 Å². The van der Waals surface area contributed by atoms with E-state index in [0.717, 1.165) is 5.92 Å². The molecule has 0 aromatic heterocycles. The Morgan fingerprint density at radius 2 is 2.25 bits per heavy atom. The molecule has 2 nitrogen and oxygen atoms in total. The Bertz CT molecular complexity index is 125. The topological polar surface area (TPSA) is 17.3 Å². The van der Waals surface area contributed by atoms with Crippen LogP contribution < -0.4 is 5.43 Å². The summed E-state index contributed by atoms with van der Waals surface area (Å²) in [5, 5.41) is 2.29. The maximum absolute atomic E-state index is 4.33. The largest absolute Gasteiger partial charge is 0.224 e. The van der Waals surface area contributed by atoms with Gasteiger partial charge in [0.15, 0.2) is 0 Å². The zero-order valence-electron chi connectivity index (χ0n) is 8.58. The van der Waals surface area contributed by atoms with Gasteiger partial charge in [-0.2, -0.15) is 5.43 Å². The summed E-state index contributed by atoms with van der Waals surface area (Å²) < 4.78 is 0. The molecule has 2 unspecified atom stereocenters. The van der Waals surface area contributed by atoms with Crippen molar-refractivity contribution in [1.82, 2.24) is 10.4 Å². The van der Waals surface area contributed by atoms with Crippen molar-refractivity contribution < 1.29 is 0 Å². The van der Waals surface area contributed by atoms with E-state index in [1.54, 1.807) is 0 Å². The van der Waals surface area contributed by atoms with E-state index in [9.17, 15) is 0 Å². The summed E-state index contributed by atoms with van der Waals surface area (Å²) in [6.45, 7) is 5.78. The Kier molecular flexibility index (Phi) is 4.02. The molecule has 0 spiro atoms. The molecule has 1 saturated heterocycles. The average Bonchev–Trinajstić information content (AvgIpc) is 2.16. The molecule has 71 valence electrons. The molecule has 0 aliphatic carbocycles. The van der Waals surface area contributed by atoms with Crippen LogP contribution >= 0.6 is 0 Å². The highest BCUT2D eigenvalue weighted by Gasteiger charge is 2.25. The van der Waals surface area contributed by atoms with Gasteiger partial charge in [0.1, 0.15) is 0 Å². The van der Waals surface area contributed by atoms with Crippen LogP contribution in [0, 0.1) is 5.92 Å². The van der Waals surface area contributed by atoms with Crippen molar-refractivity contribution in [1.29, 1.82) is 0 Å². The van der Waals surface area contributed by atoms with E-state index in [1.165, 1.54) is 32.2 Å². The van der Waals surface area contributed by atoms with Gasteiger partial charge in [0.2, 0.25) is 0 Å². The molecule has 0 N–H and O–H groups in total. The van der Waals surface area contributed by atoms with Crippen LogP contribution in [-0.4, -0.2) is 24.6 Å². The van der Waals surface area contributed by atoms with Crippen molar-refractivity contribution in [3.05, 3.63) is 0 Å². The Morgan fingerprint density at radius 1 is 1.50 bits per heavy atom. The van der Waals surface area contributed by atoms with Crippen LogP contribution in [-0.2, 0) is 0 Å². The van der Waals surface area contributed by atoms with Gasteiger partial charge in [-0.3, -0.25) is 0 Å². The molecular weight excluding hydrogens is 148 g/mol. The molecular formula is C10H21N2. The third-order valence-corrected chi connectivity index (χ3v) is 3.08. The second-order valence-corrected chi connectivity index (χ2v) is 3.81. The fraction of sp³-hybridized carbons (Fsp3) is 1.00. The lowest BCUT2D eigenvalue weighted by Crippen LogP contribution is -2.46. The molecule has 1 rings (SSSR count). The fourth-order valence-electron chi connectivity index (χ4n) is 2.04. The highest BCUT2D eigenvalue weighted by Crippen LogP contribution is 2.23. The number of hydrogen-bond donors (Lipinski definition) is 0. The number of rotatable bonds is 3. The summed E-state index contributed by atoms with van der Waals surface area (Å²) in [4.78, 5) is 0. The lowest BCUT2D eigenvalue weighted by Gasteiger charge is -2.37. The number of nitrogens with zero attached hydrogens (tertiary/aromatic N) is 2. The first-order valence-corrected chi connectivity index (χ1v) is 5.16. The predicted molar refractivity (Wildman–Crippen MR) is 51.9 cm³/mol. The van der Waals surface area contributed by atoms with Gasteiger partial charge in [0.25, 0.3) is 0 Å². The summed E-state index contributed by atoms with van der Waals surface area (Å²) in [6.07, 6.45) is 5.33. The molecule has 0 amide bonds. The van der Waals surface area contributed by atoms with E-state index >= 15 is 0 Å². The Labute approximate surface area is 76.3 Å². The maximum atomic E-state index is 4.33. The predicted octanol–water partition coefficient (Wildman–Crippen LogP) is 2.04. The Hall–Kier alpha value is -0.0800. The molecule has 1 heterocycles. The second-order valence-electron chi connectivity index (χ2n) is 3.81. The molecule has 0 saturated carbocycles. The van der Waals surface area contributed by atoms with Crippen LogP contribution in [0.1, 0.15) is 39.5 Å². The molecule has 0 bridgehead atoms. The van der Waals surface area contributed by atoms with Crippen molar-refractivity contribution in [2.24, 2.45) is 5.92 Å². The van der Waals surface area contributed by atoms with Crippen molar-refractivity contribution >= 4 is 0 Å². The highest BCUT2D eigenvalue weighted by atomic mass is 15.5. The zero-order chi connectivity index (χ0) is 8.97. The van der Waals surface area contributed by atoms with Crippen molar-refractivity contribution in [2.45, 2.75) is 45.6 Å². The lowest BCUT2D eigenvalue weighted by atomic mass is 9.91. The SMILES string of the molecule is CCC(C)C1CCCCN1[N]C. The van der Waals surface area contributed by atoms with Crippen LogP contribution in [0.2, 0.25) is 0 Å². The summed E-state index contributed by atoms with van der Waals surface area (Å²) >= 11 is 0. The van der Waals surface area contributed by atoms with Gasteiger partial charge in [-0.15, -0.1) is 0 Å². The number of hydrogen-bond acceptors (Lipinski definition) is 1. The molecule has 0 aromatic rings. The van der Waals surface area contributed by atoms with Crippen LogP contribution in [0.25, 0.3) is 0 Å². The fourth-order valence-corrected chi connectivity index (χ4v) is 2.04. The second kappa shape index (κ2) is 4.83. The average molecular weight is 169 g/mol. The lowest BCUT2D eigenvalue weighted by molar-refractivity contribution is 0.0574. The molecule has 2 atom stereocenters. The molecule has 0 aromatic carbocycles. The first-order valence-electron chi connectivity index (χ1n) is 5.16. The normalized spacial score (nSPS) is 28.8. The minimum Gasteiger partial charge on any atom is -0.224 e. The van der Waals surface area contributed by atoms with Crippen LogP contribution in [0.3, 0.4) is 0 Å². The standard InChI is InChI=1S/C10H21N2/c1-4-9(2)10-7-5-6-8-12(10)11-3/h9-10H,4-8H2,1-3H3. The maximum Gasteiger partial charge on any atom is 0.0285 e. The smallest absolute Gasteiger partial charge is 0.0285 e. The highest BCUT2D eigenvalue weighted by molar-refractivity contribution is 4.77. The Morgan fingerprint density at radius 3 is 2.83 bits per heavy atom. The molecule has 2 heteroatoms. The van der Waals surface area contributed by atoms with Crippen molar-refractivity contribution in [3.63, 3.8) is 0 Å². The summed E-state index contributed by atoms with van der Waals surface area (Å²) in [6, 6.07) is 0.716. The molecule has 1 fully saturated rings. The van der Waals surface area contributed by atoms with E-state index in [4.69, 9.17) is 0 Å². The van der Waals surface area contributed by atoms with Crippen LogP contribution in [0.4, 0.5) is 0 Å². The van der Waals surface area contributed by atoms with Gasteiger partial charge in [0.05, 0.1) is 0 Å². The van der Waals surface area contributed by atoms with E-state index in [0.29, 0.717) is 6.04 Å². The van der Waals surface area contributed by atoms with E-state index in [1.807, 2.05) is 7.05 Å². The van der Waals surface area contributed by atoms with Crippen molar-refractivity contribution in [3.8, 4) is 0 Å². The third-order valence-electron chi connectivity index (χ3n) is 3.08. The minimum absolute atomic E-state index is 0.716. The summed E-state index contributed by atoms with van der Waals surface area (Å²) in [5.41, 5.74) is 4.33. The molecule has 1 aliphatic heterocycles. The van der Waals surface area contributed by atoms with E-state index < -0.39 is 0 Å². The van der Waals surface area contributed by atoms with Crippen molar-refractivity contribution in [2.75, 3.05) is 13.6 Å². The van der Waals surface area contributed by atoms with E-state index in [2.05, 4.69) is 24.3 Å². The molecule has 1 radical (unpaired) electrons. The quantitative estimate of drug-likeness (QED) is 0.632. The summed E-state index contributed by atoms with van der Waals surface area (Å²) in [5.74, 6) is 0.800. The molecule has 1 aliphatic rings.